The summed E-state index contributed by atoms with van der Waals surface area (Å²) < 4.78 is 32.0. The highest BCUT2D eigenvalue weighted by Crippen LogP contribution is 2.20. The van der Waals surface area contributed by atoms with E-state index in [4.69, 9.17) is 0 Å². The van der Waals surface area contributed by atoms with Gasteiger partial charge in [0.05, 0.1) is 25.1 Å². The van der Waals surface area contributed by atoms with E-state index in [9.17, 15) is 8.42 Å². The third kappa shape index (κ3) is 2.61. The summed E-state index contributed by atoms with van der Waals surface area (Å²) in [4.78, 5) is 12.4. The fourth-order valence-corrected chi connectivity index (χ4v) is 4.06. The van der Waals surface area contributed by atoms with Crippen LogP contribution in [0.25, 0.3) is 0 Å². The first-order valence-corrected chi connectivity index (χ1v) is 8.82. The lowest BCUT2D eigenvalue weighted by molar-refractivity contribution is 0.334. The third-order valence-electron chi connectivity index (χ3n) is 3.89. The number of aromatic nitrogens is 7. The van der Waals surface area contributed by atoms with Crippen molar-refractivity contribution in [2.24, 2.45) is 7.05 Å². The number of nitrogens with zero attached hydrogens (tertiary/aromatic N) is 8. The Morgan fingerprint density at radius 1 is 1.21 bits per heavy atom. The Labute approximate surface area is 138 Å². The molecule has 4 heterocycles. The molecule has 0 aliphatic carbocycles. The molecule has 11 heteroatoms. The summed E-state index contributed by atoms with van der Waals surface area (Å²) >= 11 is 0. The summed E-state index contributed by atoms with van der Waals surface area (Å²) in [6, 6.07) is 0. The van der Waals surface area contributed by atoms with Gasteiger partial charge < -0.3 is 9.13 Å². The average Bonchev–Trinajstić information content (AvgIpc) is 3.27. The standard InChI is InChI=1S/C13H16N8O2S/c1-18-7-13(15-10-18)24(22,23)21-3-2-19-4-11(17-12(19)6-21)5-20-9-14-8-16-20/h4,7-10H,2-3,5-6H2,1H3. The van der Waals surface area contributed by atoms with Crippen molar-refractivity contribution in [3.8, 4) is 0 Å². The zero-order chi connectivity index (χ0) is 16.7. The van der Waals surface area contributed by atoms with Crippen molar-refractivity contribution in [2.45, 2.75) is 24.7 Å². The molecular weight excluding hydrogens is 332 g/mol. The number of fused-ring (bicyclic) bond motifs is 1. The SMILES string of the molecule is Cn1cnc(S(=O)(=O)N2CCn3cc(Cn4cncn4)nc3C2)c1. The molecule has 126 valence electrons. The minimum absolute atomic E-state index is 0.0628. The highest BCUT2D eigenvalue weighted by atomic mass is 32.2. The summed E-state index contributed by atoms with van der Waals surface area (Å²) in [7, 11) is -1.86. The van der Waals surface area contributed by atoms with Crippen LogP contribution in [0.3, 0.4) is 0 Å². The predicted molar refractivity (Wildman–Crippen MR) is 82.2 cm³/mol. The highest BCUT2D eigenvalue weighted by molar-refractivity contribution is 7.89. The lowest BCUT2D eigenvalue weighted by Gasteiger charge is -2.25. The molecular formula is C13H16N8O2S. The van der Waals surface area contributed by atoms with Crippen LogP contribution in [0.15, 0.2) is 36.4 Å². The molecule has 0 fully saturated rings. The average molecular weight is 348 g/mol. The van der Waals surface area contributed by atoms with E-state index in [0.29, 0.717) is 19.6 Å². The van der Waals surface area contributed by atoms with Crippen molar-refractivity contribution in [3.63, 3.8) is 0 Å². The van der Waals surface area contributed by atoms with Gasteiger partial charge in [0.15, 0.2) is 5.03 Å². The van der Waals surface area contributed by atoms with Crippen LogP contribution in [-0.2, 0) is 36.7 Å². The van der Waals surface area contributed by atoms with Gasteiger partial charge in [0, 0.05) is 32.5 Å². The summed E-state index contributed by atoms with van der Waals surface area (Å²) in [6.07, 6.45) is 8.01. The van der Waals surface area contributed by atoms with Crippen LogP contribution in [0.2, 0.25) is 0 Å². The van der Waals surface area contributed by atoms with Crippen LogP contribution < -0.4 is 0 Å². The zero-order valence-electron chi connectivity index (χ0n) is 13.0. The predicted octanol–water partition coefficient (Wildman–Crippen LogP) is -0.539. The van der Waals surface area contributed by atoms with Crippen LogP contribution >= 0.6 is 0 Å². The van der Waals surface area contributed by atoms with Gasteiger partial charge in [-0.15, -0.1) is 0 Å². The van der Waals surface area contributed by atoms with E-state index in [1.807, 2.05) is 10.8 Å². The van der Waals surface area contributed by atoms with E-state index in [2.05, 4.69) is 20.1 Å². The van der Waals surface area contributed by atoms with E-state index in [1.165, 1.54) is 23.2 Å². The fraction of sp³-hybridized carbons (Fsp3) is 0.385. The van der Waals surface area contributed by atoms with Crippen LogP contribution in [0.4, 0.5) is 0 Å². The molecule has 3 aromatic rings. The second-order valence-electron chi connectivity index (χ2n) is 5.65. The first kappa shape index (κ1) is 15.0. The lowest BCUT2D eigenvalue weighted by Crippen LogP contribution is -2.38. The molecule has 0 bridgehead atoms. The maximum absolute atomic E-state index is 12.7. The number of hydrogen-bond acceptors (Lipinski definition) is 6. The van der Waals surface area contributed by atoms with Gasteiger partial charge in [0.25, 0.3) is 10.0 Å². The third-order valence-corrected chi connectivity index (χ3v) is 5.62. The Bertz CT molecular complexity index is 956. The molecule has 0 aromatic carbocycles. The molecule has 4 rings (SSSR count). The summed E-state index contributed by atoms with van der Waals surface area (Å²) in [6.45, 7) is 1.69. The molecule has 1 aliphatic heterocycles. The Balaban J connectivity index is 1.56. The molecule has 0 saturated heterocycles. The van der Waals surface area contributed by atoms with Gasteiger partial charge in [-0.05, 0) is 0 Å². The maximum Gasteiger partial charge on any atom is 0.262 e. The largest absolute Gasteiger partial charge is 0.339 e. The Morgan fingerprint density at radius 3 is 2.79 bits per heavy atom. The monoisotopic (exact) mass is 348 g/mol. The molecule has 10 nitrogen and oxygen atoms in total. The van der Waals surface area contributed by atoms with Gasteiger partial charge in [-0.3, -0.25) is 0 Å². The van der Waals surface area contributed by atoms with Gasteiger partial charge in [-0.1, -0.05) is 0 Å². The minimum Gasteiger partial charge on any atom is -0.339 e. The molecule has 0 radical (unpaired) electrons. The summed E-state index contributed by atoms with van der Waals surface area (Å²) in [5.41, 5.74) is 0.826. The summed E-state index contributed by atoms with van der Waals surface area (Å²) in [5, 5.41) is 4.12. The topological polar surface area (TPSA) is 104 Å². The second-order valence-corrected chi connectivity index (χ2v) is 7.54. The van der Waals surface area contributed by atoms with E-state index >= 15 is 0 Å². The van der Waals surface area contributed by atoms with Crippen molar-refractivity contribution in [3.05, 3.63) is 42.9 Å². The van der Waals surface area contributed by atoms with Gasteiger partial charge >= 0.3 is 0 Å². The van der Waals surface area contributed by atoms with Gasteiger partial charge in [0.2, 0.25) is 0 Å². The van der Waals surface area contributed by atoms with Crippen molar-refractivity contribution in [1.82, 2.24) is 38.2 Å². The van der Waals surface area contributed by atoms with Crippen molar-refractivity contribution < 1.29 is 8.42 Å². The number of imidazole rings is 2. The number of sulfonamides is 1. The van der Waals surface area contributed by atoms with Crippen molar-refractivity contribution in [1.29, 1.82) is 0 Å². The van der Waals surface area contributed by atoms with E-state index < -0.39 is 10.0 Å². The molecule has 1 aliphatic rings. The lowest BCUT2D eigenvalue weighted by atomic mass is 10.4. The molecule has 0 atom stereocenters. The number of aryl methyl sites for hydroxylation is 1. The highest BCUT2D eigenvalue weighted by Gasteiger charge is 2.31. The molecule has 0 spiro atoms. The Hall–Kier alpha value is -2.53. The van der Waals surface area contributed by atoms with E-state index in [0.717, 1.165) is 11.5 Å². The quantitative estimate of drug-likeness (QED) is 0.627. The van der Waals surface area contributed by atoms with Crippen LogP contribution in [-0.4, -0.2) is 53.1 Å². The zero-order valence-corrected chi connectivity index (χ0v) is 13.8. The normalized spacial score (nSPS) is 15.5. The first-order chi connectivity index (χ1) is 11.5. The Morgan fingerprint density at radius 2 is 2.08 bits per heavy atom. The first-order valence-electron chi connectivity index (χ1n) is 7.38. The van der Waals surface area contributed by atoms with E-state index in [-0.39, 0.29) is 11.6 Å². The smallest absolute Gasteiger partial charge is 0.262 e. The van der Waals surface area contributed by atoms with Crippen LogP contribution in [0, 0.1) is 0 Å². The molecule has 0 amide bonds. The number of rotatable bonds is 4. The van der Waals surface area contributed by atoms with Crippen LogP contribution in [0.1, 0.15) is 11.5 Å². The van der Waals surface area contributed by atoms with Gasteiger partial charge in [-0.25, -0.2) is 28.1 Å². The maximum atomic E-state index is 12.7. The Kier molecular flexibility index (Phi) is 3.46. The van der Waals surface area contributed by atoms with Gasteiger partial charge in [-0.2, -0.15) is 9.40 Å². The van der Waals surface area contributed by atoms with Crippen LogP contribution in [0.5, 0.6) is 0 Å². The molecule has 0 saturated carbocycles. The number of hydrogen-bond donors (Lipinski definition) is 0. The second kappa shape index (κ2) is 5.53. The fourth-order valence-electron chi connectivity index (χ4n) is 2.71. The molecule has 0 N–H and O–H groups in total. The minimum atomic E-state index is -3.60. The van der Waals surface area contributed by atoms with Crippen molar-refractivity contribution >= 4 is 10.0 Å². The molecule has 3 aromatic heterocycles. The van der Waals surface area contributed by atoms with Gasteiger partial charge in [0.1, 0.15) is 18.5 Å². The van der Waals surface area contributed by atoms with E-state index in [1.54, 1.807) is 22.6 Å². The summed E-state index contributed by atoms with van der Waals surface area (Å²) in [5.74, 6) is 0.718. The molecule has 0 unspecified atom stereocenters. The molecule has 24 heavy (non-hydrogen) atoms. The van der Waals surface area contributed by atoms with Crippen molar-refractivity contribution in [2.75, 3.05) is 6.54 Å².